The van der Waals surface area contributed by atoms with Crippen LogP contribution in [0, 0.1) is 5.82 Å². The first-order valence-corrected chi connectivity index (χ1v) is 6.09. The number of halogens is 2. The summed E-state index contributed by atoms with van der Waals surface area (Å²) in [5.74, 6) is -0.720. The largest absolute Gasteiger partial charge is 0.326 e. The Kier molecular flexibility index (Phi) is 3.71. The van der Waals surface area contributed by atoms with Crippen LogP contribution in [0.5, 0.6) is 0 Å². The molecule has 0 aliphatic carbocycles. The molecule has 0 fully saturated rings. The molecule has 2 aromatic rings. The minimum absolute atomic E-state index is 0.0172. The van der Waals surface area contributed by atoms with Crippen molar-refractivity contribution >= 4 is 34.5 Å². The van der Waals surface area contributed by atoms with Gasteiger partial charge in [0.15, 0.2) is 0 Å². The molecule has 0 saturated carbocycles. The molecule has 0 spiro atoms. The minimum atomic E-state index is -0.510. The maximum absolute atomic E-state index is 12.9. The fourth-order valence-electron chi connectivity index (χ4n) is 1.27. The number of carbonyl (C=O) groups is 1. The van der Waals surface area contributed by atoms with Crippen LogP contribution in [0.2, 0.25) is 5.02 Å². The number of hydrogen-bond acceptors (Lipinski definition) is 3. The molecule has 88 valence electrons. The number of thiazole rings is 1. The second-order valence-electron chi connectivity index (χ2n) is 3.33. The van der Waals surface area contributed by atoms with Gasteiger partial charge < -0.3 is 5.32 Å². The molecule has 0 unspecified atom stereocenters. The van der Waals surface area contributed by atoms with Crippen molar-refractivity contribution in [2.45, 2.75) is 6.42 Å². The van der Waals surface area contributed by atoms with Crippen LogP contribution >= 0.6 is 22.9 Å². The van der Waals surface area contributed by atoms with Gasteiger partial charge in [-0.05, 0) is 18.2 Å². The van der Waals surface area contributed by atoms with Crippen molar-refractivity contribution in [1.29, 1.82) is 0 Å². The van der Waals surface area contributed by atoms with E-state index in [1.807, 2.05) is 0 Å². The van der Waals surface area contributed by atoms with Crippen molar-refractivity contribution in [3.05, 3.63) is 45.6 Å². The van der Waals surface area contributed by atoms with Gasteiger partial charge in [-0.15, -0.1) is 11.3 Å². The van der Waals surface area contributed by atoms with Gasteiger partial charge in [0.2, 0.25) is 5.91 Å². The fraction of sp³-hybridized carbons (Fsp3) is 0.0909. The predicted octanol–water partition coefficient (Wildman–Crippen LogP) is 3.12. The average Bonchev–Trinajstić information content (AvgIpc) is 2.76. The lowest BCUT2D eigenvalue weighted by molar-refractivity contribution is -0.115. The van der Waals surface area contributed by atoms with Gasteiger partial charge in [0.1, 0.15) is 5.82 Å². The van der Waals surface area contributed by atoms with Crippen LogP contribution in [0.15, 0.2) is 29.1 Å². The van der Waals surface area contributed by atoms with Gasteiger partial charge in [-0.2, -0.15) is 0 Å². The third-order valence-electron chi connectivity index (χ3n) is 2.03. The van der Waals surface area contributed by atoms with Gasteiger partial charge >= 0.3 is 0 Å². The van der Waals surface area contributed by atoms with Crippen molar-refractivity contribution in [2.24, 2.45) is 0 Å². The van der Waals surface area contributed by atoms with E-state index in [-0.39, 0.29) is 17.4 Å². The summed E-state index contributed by atoms with van der Waals surface area (Å²) >= 11 is 7.03. The molecule has 1 aromatic carbocycles. The smallest absolute Gasteiger partial charge is 0.230 e. The summed E-state index contributed by atoms with van der Waals surface area (Å²) in [6.45, 7) is 0. The quantitative estimate of drug-likeness (QED) is 0.931. The van der Waals surface area contributed by atoms with Crippen molar-refractivity contribution in [3.8, 4) is 0 Å². The zero-order chi connectivity index (χ0) is 12.3. The topological polar surface area (TPSA) is 42.0 Å². The standard InChI is InChI=1S/C11H8ClFN2OS/c12-9-3-7(1-2-10(9)13)15-11(16)4-8-5-17-6-14-8/h1-3,5-6H,4H2,(H,15,16). The Hall–Kier alpha value is -1.46. The highest BCUT2D eigenvalue weighted by Gasteiger charge is 2.07. The maximum atomic E-state index is 12.9. The average molecular weight is 271 g/mol. The van der Waals surface area contributed by atoms with Crippen LogP contribution in [0.1, 0.15) is 5.69 Å². The van der Waals surface area contributed by atoms with Crippen molar-refractivity contribution in [3.63, 3.8) is 0 Å². The Morgan fingerprint density at radius 2 is 2.35 bits per heavy atom. The SMILES string of the molecule is O=C(Cc1cscn1)Nc1ccc(F)c(Cl)c1. The summed E-state index contributed by atoms with van der Waals surface area (Å²) in [5, 5.41) is 4.41. The van der Waals surface area contributed by atoms with Crippen LogP contribution in [0.4, 0.5) is 10.1 Å². The van der Waals surface area contributed by atoms with Crippen molar-refractivity contribution < 1.29 is 9.18 Å². The highest BCUT2D eigenvalue weighted by molar-refractivity contribution is 7.07. The Labute approximate surface area is 106 Å². The number of anilines is 1. The summed E-state index contributed by atoms with van der Waals surface area (Å²) in [6, 6.07) is 4.04. The highest BCUT2D eigenvalue weighted by atomic mass is 35.5. The molecule has 3 nitrogen and oxygen atoms in total. The van der Waals surface area contributed by atoms with Crippen molar-refractivity contribution in [1.82, 2.24) is 4.98 Å². The fourth-order valence-corrected chi connectivity index (χ4v) is 2.01. The zero-order valence-electron chi connectivity index (χ0n) is 8.61. The number of amides is 1. The second-order valence-corrected chi connectivity index (χ2v) is 4.46. The van der Waals surface area contributed by atoms with Crippen molar-refractivity contribution in [2.75, 3.05) is 5.32 Å². The molecule has 1 aromatic heterocycles. The summed E-state index contributed by atoms with van der Waals surface area (Å²) in [5.41, 5.74) is 2.84. The number of benzene rings is 1. The first-order valence-electron chi connectivity index (χ1n) is 4.77. The molecule has 17 heavy (non-hydrogen) atoms. The van der Waals surface area contributed by atoms with Crippen LogP contribution in [0.3, 0.4) is 0 Å². The molecule has 0 atom stereocenters. The number of aromatic nitrogens is 1. The van der Waals surface area contributed by atoms with E-state index in [9.17, 15) is 9.18 Å². The minimum Gasteiger partial charge on any atom is -0.326 e. The Morgan fingerprint density at radius 3 is 3.00 bits per heavy atom. The van der Waals surface area contributed by atoms with E-state index < -0.39 is 5.82 Å². The molecule has 1 N–H and O–H groups in total. The van der Waals surface area contributed by atoms with E-state index in [0.29, 0.717) is 11.4 Å². The first kappa shape index (κ1) is 12.0. The summed E-state index contributed by atoms with van der Waals surface area (Å²) < 4.78 is 12.9. The molecular formula is C11H8ClFN2OS. The van der Waals surface area contributed by atoms with E-state index in [1.165, 1.54) is 29.5 Å². The normalized spacial score (nSPS) is 10.2. The van der Waals surface area contributed by atoms with Crippen LogP contribution in [0.25, 0.3) is 0 Å². The van der Waals surface area contributed by atoms with Gasteiger partial charge in [-0.3, -0.25) is 4.79 Å². The second kappa shape index (κ2) is 5.25. The molecule has 0 aliphatic heterocycles. The van der Waals surface area contributed by atoms with E-state index in [2.05, 4.69) is 10.3 Å². The van der Waals surface area contributed by atoms with Gasteiger partial charge in [0.25, 0.3) is 0 Å². The molecule has 0 bridgehead atoms. The molecule has 0 saturated heterocycles. The number of carbonyl (C=O) groups excluding carboxylic acids is 1. The number of nitrogens with zero attached hydrogens (tertiary/aromatic N) is 1. The van der Waals surface area contributed by atoms with E-state index in [4.69, 9.17) is 11.6 Å². The lowest BCUT2D eigenvalue weighted by Crippen LogP contribution is -2.14. The van der Waals surface area contributed by atoms with E-state index >= 15 is 0 Å². The Morgan fingerprint density at radius 1 is 1.53 bits per heavy atom. The molecular weight excluding hydrogens is 263 g/mol. The molecule has 0 radical (unpaired) electrons. The van der Waals surface area contributed by atoms with Crippen LogP contribution < -0.4 is 5.32 Å². The van der Waals surface area contributed by atoms with Gasteiger partial charge in [0.05, 0.1) is 22.6 Å². The summed E-state index contributed by atoms with van der Waals surface area (Å²) in [6.07, 6.45) is 0.193. The summed E-state index contributed by atoms with van der Waals surface area (Å²) in [7, 11) is 0. The molecule has 6 heteroatoms. The maximum Gasteiger partial charge on any atom is 0.230 e. The van der Waals surface area contributed by atoms with Crippen LogP contribution in [-0.4, -0.2) is 10.9 Å². The molecule has 1 amide bonds. The monoisotopic (exact) mass is 270 g/mol. The van der Waals surface area contributed by atoms with Gasteiger partial charge in [-0.1, -0.05) is 11.6 Å². The first-order chi connectivity index (χ1) is 8.15. The van der Waals surface area contributed by atoms with E-state index in [1.54, 1.807) is 10.9 Å². The van der Waals surface area contributed by atoms with Gasteiger partial charge in [-0.25, -0.2) is 9.37 Å². The molecule has 2 rings (SSSR count). The third kappa shape index (κ3) is 3.25. The zero-order valence-corrected chi connectivity index (χ0v) is 10.2. The molecule has 1 heterocycles. The lowest BCUT2D eigenvalue weighted by atomic mass is 10.3. The van der Waals surface area contributed by atoms with Crippen LogP contribution in [-0.2, 0) is 11.2 Å². The number of hydrogen-bond donors (Lipinski definition) is 1. The predicted molar refractivity (Wildman–Crippen MR) is 65.9 cm³/mol. The summed E-state index contributed by atoms with van der Waals surface area (Å²) in [4.78, 5) is 15.6. The Balaban J connectivity index is 2.00. The highest BCUT2D eigenvalue weighted by Crippen LogP contribution is 2.19. The third-order valence-corrected chi connectivity index (χ3v) is 2.95. The lowest BCUT2D eigenvalue weighted by Gasteiger charge is -2.04. The number of rotatable bonds is 3. The van der Waals surface area contributed by atoms with E-state index in [0.717, 1.165) is 0 Å². The molecule has 0 aliphatic rings. The number of nitrogens with one attached hydrogen (secondary N) is 1. The van der Waals surface area contributed by atoms with Gasteiger partial charge in [0, 0.05) is 11.1 Å². The Bertz CT molecular complexity index is 530.